The summed E-state index contributed by atoms with van der Waals surface area (Å²) in [7, 11) is 0. The summed E-state index contributed by atoms with van der Waals surface area (Å²) < 4.78 is 8.07. The van der Waals surface area contributed by atoms with Crippen molar-refractivity contribution in [1.29, 1.82) is 0 Å². The van der Waals surface area contributed by atoms with Gasteiger partial charge in [0.25, 0.3) is 5.91 Å². The summed E-state index contributed by atoms with van der Waals surface area (Å²) in [6, 6.07) is 20.2. The van der Waals surface area contributed by atoms with Gasteiger partial charge in [-0.1, -0.05) is 36.4 Å². The lowest BCUT2D eigenvalue weighted by Gasteiger charge is -2.11. The molecular weight excluding hydrogens is 646 g/mol. The molecule has 1 aliphatic rings. The number of ether oxygens (including phenoxy) is 1. The highest BCUT2D eigenvalue weighted by molar-refractivity contribution is 14.1. The number of aliphatic imine (C=N–C) groups is 1. The Balaban J connectivity index is 1.51. The first-order valence-corrected chi connectivity index (χ1v) is 12.9. The molecule has 1 saturated heterocycles. The van der Waals surface area contributed by atoms with Crippen LogP contribution in [0.2, 0.25) is 0 Å². The number of nitrogens with zero attached hydrogens (tertiary/aromatic N) is 1. The number of carbonyl (C=O) groups excluding carboxylic acids is 1. The lowest BCUT2D eigenvalue weighted by molar-refractivity contribution is -0.115. The van der Waals surface area contributed by atoms with Gasteiger partial charge in [0.2, 0.25) is 0 Å². The van der Waals surface area contributed by atoms with E-state index in [2.05, 4.69) is 69.3 Å². The Labute approximate surface area is 219 Å². The highest BCUT2D eigenvalue weighted by atomic mass is 127. The van der Waals surface area contributed by atoms with Crippen molar-refractivity contribution in [2.45, 2.75) is 20.5 Å². The van der Waals surface area contributed by atoms with Gasteiger partial charge in [-0.25, -0.2) is 4.99 Å². The van der Waals surface area contributed by atoms with Crippen molar-refractivity contribution in [3.63, 3.8) is 0 Å². The van der Waals surface area contributed by atoms with E-state index < -0.39 is 0 Å². The molecule has 0 aromatic heterocycles. The first-order chi connectivity index (χ1) is 15.4. The van der Waals surface area contributed by atoms with Crippen LogP contribution in [0.25, 0.3) is 6.08 Å². The molecule has 1 N–H and O–H groups in total. The molecule has 3 aromatic rings. The van der Waals surface area contributed by atoms with Gasteiger partial charge in [0.05, 0.1) is 17.7 Å². The SMILES string of the molecule is Cc1ccc(N=C2NC(=O)/C(=C\c3cc(I)c(OCc4ccccc4)c(I)c3)S2)cc1C. The normalized spacial score (nSPS) is 15.9. The number of carbonyl (C=O) groups is 1. The molecule has 0 spiro atoms. The number of amidine groups is 1. The third-order valence-corrected chi connectivity index (χ3v) is 7.43. The quantitative estimate of drug-likeness (QED) is 0.236. The molecule has 4 rings (SSSR count). The second-order valence-corrected chi connectivity index (χ2v) is 10.7. The minimum Gasteiger partial charge on any atom is -0.487 e. The van der Waals surface area contributed by atoms with Gasteiger partial charge in [0.1, 0.15) is 12.4 Å². The van der Waals surface area contributed by atoms with Gasteiger partial charge in [0.15, 0.2) is 5.17 Å². The van der Waals surface area contributed by atoms with Gasteiger partial charge in [0, 0.05) is 0 Å². The molecule has 3 aromatic carbocycles. The highest BCUT2D eigenvalue weighted by Crippen LogP contribution is 2.33. The molecule has 0 unspecified atom stereocenters. The summed E-state index contributed by atoms with van der Waals surface area (Å²) in [4.78, 5) is 17.7. The first-order valence-electron chi connectivity index (χ1n) is 9.91. The Morgan fingerprint density at radius 2 is 1.72 bits per heavy atom. The van der Waals surface area contributed by atoms with E-state index >= 15 is 0 Å². The summed E-state index contributed by atoms with van der Waals surface area (Å²) in [5, 5.41) is 3.46. The first kappa shape index (κ1) is 23.3. The van der Waals surface area contributed by atoms with Crippen LogP contribution in [0.5, 0.6) is 5.75 Å². The molecular formula is C25H20I2N2O2S. The molecule has 1 heterocycles. The molecule has 162 valence electrons. The zero-order valence-corrected chi connectivity index (χ0v) is 22.6. The number of rotatable bonds is 5. The van der Waals surface area contributed by atoms with E-state index in [1.807, 2.05) is 66.7 Å². The summed E-state index contributed by atoms with van der Waals surface area (Å²) >= 11 is 5.92. The van der Waals surface area contributed by atoms with Crippen molar-refractivity contribution >= 4 is 79.8 Å². The van der Waals surface area contributed by atoms with Crippen molar-refractivity contribution in [3.8, 4) is 5.75 Å². The average Bonchev–Trinajstić information content (AvgIpc) is 3.09. The number of hydrogen-bond donors (Lipinski definition) is 1. The largest absolute Gasteiger partial charge is 0.487 e. The van der Waals surface area contributed by atoms with Crippen LogP contribution in [0.4, 0.5) is 5.69 Å². The molecule has 32 heavy (non-hydrogen) atoms. The van der Waals surface area contributed by atoms with E-state index in [1.165, 1.54) is 22.9 Å². The fourth-order valence-electron chi connectivity index (χ4n) is 3.07. The number of thioether (sulfide) groups is 1. The van der Waals surface area contributed by atoms with Crippen molar-refractivity contribution in [2.24, 2.45) is 4.99 Å². The molecule has 4 nitrogen and oxygen atoms in total. The van der Waals surface area contributed by atoms with E-state index in [9.17, 15) is 4.79 Å². The Kier molecular flexibility index (Phi) is 7.57. The maximum absolute atomic E-state index is 12.5. The van der Waals surface area contributed by atoms with Crippen LogP contribution in [0.1, 0.15) is 22.3 Å². The molecule has 1 amide bonds. The minimum absolute atomic E-state index is 0.132. The fraction of sp³-hybridized carbons (Fsp3) is 0.120. The van der Waals surface area contributed by atoms with Gasteiger partial charge in [-0.3, -0.25) is 4.79 Å². The fourth-order valence-corrected chi connectivity index (χ4v) is 6.04. The van der Waals surface area contributed by atoms with Crippen LogP contribution in [0.15, 0.2) is 70.6 Å². The van der Waals surface area contributed by atoms with E-state index in [1.54, 1.807) is 0 Å². The van der Waals surface area contributed by atoms with Gasteiger partial charge in [-0.05, 0) is 123 Å². The van der Waals surface area contributed by atoms with Crippen LogP contribution in [-0.4, -0.2) is 11.1 Å². The van der Waals surface area contributed by atoms with E-state index in [0.717, 1.165) is 29.7 Å². The number of hydrogen-bond acceptors (Lipinski definition) is 4. The molecule has 0 bridgehead atoms. The number of nitrogens with one attached hydrogen (secondary N) is 1. The molecule has 0 atom stereocenters. The predicted octanol–water partition coefficient (Wildman–Crippen LogP) is 6.98. The van der Waals surface area contributed by atoms with Crippen LogP contribution in [0, 0.1) is 21.0 Å². The highest BCUT2D eigenvalue weighted by Gasteiger charge is 2.24. The summed E-state index contributed by atoms with van der Waals surface area (Å²) in [6.07, 6.45) is 1.90. The Morgan fingerprint density at radius 3 is 2.41 bits per heavy atom. The zero-order valence-electron chi connectivity index (χ0n) is 17.5. The Hall–Kier alpha value is -1.85. The Bertz CT molecular complexity index is 1220. The maximum atomic E-state index is 12.5. The van der Waals surface area contributed by atoms with E-state index in [-0.39, 0.29) is 5.91 Å². The average molecular weight is 666 g/mol. The lowest BCUT2D eigenvalue weighted by atomic mass is 10.1. The standard InChI is InChI=1S/C25H20I2N2O2S/c1-15-8-9-19(10-16(15)2)28-25-29-24(30)22(32-25)13-18-11-20(26)23(21(27)12-18)31-14-17-6-4-3-5-7-17/h3-13H,14H2,1-2H3,(H,28,29,30)/b22-13+. The van der Waals surface area contributed by atoms with Gasteiger partial charge >= 0.3 is 0 Å². The monoisotopic (exact) mass is 666 g/mol. The third-order valence-electron chi connectivity index (χ3n) is 4.92. The van der Waals surface area contributed by atoms with Crippen LogP contribution in [0.3, 0.4) is 0 Å². The smallest absolute Gasteiger partial charge is 0.264 e. The van der Waals surface area contributed by atoms with Crippen molar-refractivity contribution in [3.05, 3.63) is 95.0 Å². The minimum atomic E-state index is -0.132. The topological polar surface area (TPSA) is 50.7 Å². The molecule has 1 aliphatic heterocycles. The number of halogens is 2. The molecule has 0 aliphatic carbocycles. The third kappa shape index (κ3) is 5.74. The van der Waals surface area contributed by atoms with E-state index in [0.29, 0.717) is 16.7 Å². The van der Waals surface area contributed by atoms with Gasteiger partial charge in [-0.15, -0.1) is 0 Å². The number of aryl methyl sites for hydroxylation is 2. The van der Waals surface area contributed by atoms with Gasteiger partial charge < -0.3 is 10.1 Å². The zero-order chi connectivity index (χ0) is 22.7. The van der Waals surface area contributed by atoms with Crippen LogP contribution in [-0.2, 0) is 11.4 Å². The number of amides is 1. The van der Waals surface area contributed by atoms with Gasteiger partial charge in [-0.2, -0.15) is 0 Å². The van der Waals surface area contributed by atoms with Crippen molar-refractivity contribution in [2.75, 3.05) is 0 Å². The van der Waals surface area contributed by atoms with E-state index in [4.69, 9.17) is 4.74 Å². The molecule has 0 radical (unpaired) electrons. The van der Waals surface area contributed by atoms with Crippen molar-refractivity contribution < 1.29 is 9.53 Å². The second kappa shape index (κ2) is 10.4. The maximum Gasteiger partial charge on any atom is 0.264 e. The molecule has 0 saturated carbocycles. The summed E-state index contributed by atoms with van der Waals surface area (Å²) in [5.41, 5.74) is 5.31. The number of benzene rings is 3. The molecule has 1 fully saturated rings. The predicted molar refractivity (Wildman–Crippen MR) is 149 cm³/mol. The van der Waals surface area contributed by atoms with Crippen LogP contribution < -0.4 is 10.1 Å². The second-order valence-electron chi connectivity index (χ2n) is 7.34. The van der Waals surface area contributed by atoms with Crippen molar-refractivity contribution in [1.82, 2.24) is 5.32 Å². The summed E-state index contributed by atoms with van der Waals surface area (Å²) in [5.74, 6) is 0.727. The molecule has 7 heteroatoms. The lowest BCUT2D eigenvalue weighted by Crippen LogP contribution is -2.19. The summed E-state index contributed by atoms with van der Waals surface area (Å²) in [6.45, 7) is 4.64. The van der Waals surface area contributed by atoms with Crippen LogP contribution >= 0.6 is 56.9 Å². The Morgan fingerprint density at radius 1 is 1.00 bits per heavy atom.